The summed E-state index contributed by atoms with van der Waals surface area (Å²) in [5.74, 6) is 0.271. The minimum Gasteiger partial charge on any atom is -0.489 e. The Kier molecular flexibility index (Phi) is 5.13. The average Bonchev–Trinajstić information content (AvgIpc) is 3.12. The maximum Gasteiger partial charge on any atom is 0.335 e. The maximum absolute atomic E-state index is 12.9. The number of aromatic carboxylic acids is 1. The number of fused-ring (bicyclic) bond motifs is 1. The van der Waals surface area contributed by atoms with E-state index in [2.05, 4.69) is 22.1 Å². The third kappa shape index (κ3) is 3.77. The van der Waals surface area contributed by atoms with Crippen molar-refractivity contribution in [1.82, 2.24) is 4.98 Å². The van der Waals surface area contributed by atoms with E-state index in [1.54, 1.807) is 19.1 Å². The molecular formula is C22H25N3O4. The topological polar surface area (TPSA) is 91.8 Å². The summed E-state index contributed by atoms with van der Waals surface area (Å²) >= 11 is 0. The van der Waals surface area contributed by atoms with Gasteiger partial charge in [0.1, 0.15) is 5.69 Å². The molecule has 3 heterocycles. The quantitative estimate of drug-likeness (QED) is 0.821. The molecule has 0 spiro atoms. The first kappa shape index (κ1) is 19.2. The van der Waals surface area contributed by atoms with Crippen LogP contribution in [-0.4, -0.2) is 41.2 Å². The SMILES string of the molecule is Cc1cc(NC(=O)c2cc3c(c(N4CCCC4C)n2)OCCC3)ccc1C(=O)O. The summed E-state index contributed by atoms with van der Waals surface area (Å²) in [6, 6.07) is 6.93. The van der Waals surface area contributed by atoms with Gasteiger partial charge in [0.2, 0.25) is 0 Å². The van der Waals surface area contributed by atoms with Crippen molar-refractivity contribution in [3.05, 3.63) is 46.6 Å². The lowest BCUT2D eigenvalue weighted by Crippen LogP contribution is -2.30. The molecule has 2 aliphatic rings. The first-order valence-electron chi connectivity index (χ1n) is 10.0. The Morgan fingerprint density at radius 3 is 2.79 bits per heavy atom. The number of carbonyl (C=O) groups excluding carboxylic acids is 1. The summed E-state index contributed by atoms with van der Waals surface area (Å²) in [6.07, 6.45) is 3.98. The summed E-state index contributed by atoms with van der Waals surface area (Å²) in [5.41, 5.74) is 2.72. The molecule has 1 unspecified atom stereocenters. The molecule has 1 aromatic heterocycles. The molecule has 4 rings (SSSR count). The van der Waals surface area contributed by atoms with Crippen molar-refractivity contribution in [2.24, 2.45) is 0 Å². The van der Waals surface area contributed by atoms with Crippen LogP contribution in [0.4, 0.5) is 11.5 Å². The molecule has 7 heteroatoms. The molecule has 152 valence electrons. The van der Waals surface area contributed by atoms with Gasteiger partial charge in [0.25, 0.3) is 5.91 Å². The second kappa shape index (κ2) is 7.73. The van der Waals surface area contributed by atoms with Crippen molar-refractivity contribution in [2.45, 2.75) is 45.6 Å². The third-order valence-corrected chi connectivity index (χ3v) is 5.64. The maximum atomic E-state index is 12.9. The van der Waals surface area contributed by atoms with E-state index in [0.717, 1.165) is 49.4 Å². The fourth-order valence-electron chi connectivity index (χ4n) is 4.09. The van der Waals surface area contributed by atoms with Crippen LogP contribution >= 0.6 is 0 Å². The standard InChI is InChI=1S/C22H25N3O4/c1-13-11-16(7-8-17(13)22(27)28)23-21(26)18-12-15-6-4-10-29-19(15)20(24-18)25-9-3-5-14(25)2/h7-8,11-12,14H,3-6,9-10H2,1-2H3,(H,23,26)(H,27,28). The minimum atomic E-state index is -0.985. The Hall–Kier alpha value is -3.09. The highest BCUT2D eigenvalue weighted by molar-refractivity contribution is 6.04. The molecule has 2 aliphatic heterocycles. The van der Waals surface area contributed by atoms with Gasteiger partial charge < -0.3 is 20.1 Å². The highest BCUT2D eigenvalue weighted by Crippen LogP contribution is 2.38. The molecule has 0 saturated carbocycles. The number of benzene rings is 1. The van der Waals surface area contributed by atoms with Crippen LogP contribution < -0.4 is 15.0 Å². The Balaban J connectivity index is 1.65. The fourth-order valence-corrected chi connectivity index (χ4v) is 4.09. The smallest absolute Gasteiger partial charge is 0.335 e. The van der Waals surface area contributed by atoms with Crippen LogP contribution in [0.15, 0.2) is 24.3 Å². The van der Waals surface area contributed by atoms with Crippen molar-refractivity contribution in [2.75, 3.05) is 23.4 Å². The molecule has 29 heavy (non-hydrogen) atoms. The summed E-state index contributed by atoms with van der Waals surface area (Å²) in [6.45, 7) is 5.46. The minimum absolute atomic E-state index is 0.220. The zero-order valence-electron chi connectivity index (χ0n) is 16.7. The molecule has 1 fully saturated rings. The molecular weight excluding hydrogens is 370 g/mol. The third-order valence-electron chi connectivity index (χ3n) is 5.64. The van der Waals surface area contributed by atoms with E-state index >= 15 is 0 Å². The Morgan fingerprint density at radius 2 is 2.10 bits per heavy atom. The Labute approximate surface area is 169 Å². The number of amides is 1. The normalized spacial score (nSPS) is 18.1. The number of anilines is 2. The Morgan fingerprint density at radius 1 is 1.28 bits per heavy atom. The van der Waals surface area contributed by atoms with Crippen molar-refractivity contribution >= 4 is 23.4 Å². The van der Waals surface area contributed by atoms with Crippen molar-refractivity contribution in [1.29, 1.82) is 0 Å². The van der Waals surface area contributed by atoms with Gasteiger partial charge in [-0.3, -0.25) is 4.79 Å². The number of aryl methyl sites for hydroxylation is 2. The van der Waals surface area contributed by atoms with Crippen LogP contribution in [0.2, 0.25) is 0 Å². The van der Waals surface area contributed by atoms with E-state index in [0.29, 0.717) is 29.6 Å². The van der Waals surface area contributed by atoms with E-state index < -0.39 is 5.97 Å². The number of rotatable bonds is 4. The van der Waals surface area contributed by atoms with E-state index in [4.69, 9.17) is 4.74 Å². The van der Waals surface area contributed by atoms with Gasteiger partial charge in [-0.1, -0.05) is 0 Å². The number of aromatic nitrogens is 1. The monoisotopic (exact) mass is 395 g/mol. The Bertz CT molecular complexity index is 973. The van der Waals surface area contributed by atoms with Gasteiger partial charge >= 0.3 is 5.97 Å². The van der Waals surface area contributed by atoms with Gasteiger partial charge in [-0.25, -0.2) is 9.78 Å². The number of carboxylic acids is 1. The van der Waals surface area contributed by atoms with Crippen LogP contribution in [-0.2, 0) is 6.42 Å². The highest BCUT2D eigenvalue weighted by atomic mass is 16.5. The van der Waals surface area contributed by atoms with Crippen LogP contribution in [0.3, 0.4) is 0 Å². The number of carboxylic acid groups (broad SMARTS) is 1. The summed E-state index contributed by atoms with van der Waals surface area (Å²) in [4.78, 5) is 31.0. The zero-order valence-corrected chi connectivity index (χ0v) is 16.7. The number of hydrogen-bond acceptors (Lipinski definition) is 5. The molecule has 1 aromatic carbocycles. The first-order valence-corrected chi connectivity index (χ1v) is 10.0. The van der Waals surface area contributed by atoms with Crippen LogP contribution in [0.25, 0.3) is 0 Å². The van der Waals surface area contributed by atoms with Gasteiger partial charge in [0.05, 0.1) is 12.2 Å². The van der Waals surface area contributed by atoms with E-state index in [1.807, 2.05) is 6.07 Å². The molecule has 7 nitrogen and oxygen atoms in total. The number of carbonyl (C=O) groups is 2. The molecule has 0 radical (unpaired) electrons. The largest absolute Gasteiger partial charge is 0.489 e. The van der Waals surface area contributed by atoms with Gasteiger partial charge in [-0.2, -0.15) is 0 Å². The molecule has 2 aromatic rings. The lowest BCUT2D eigenvalue weighted by Gasteiger charge is -2.28. The van der Waals surface area contributed by atoms with E-state index in [1.165, 1.54) is 6.07 Å². The van der Waals surface area contributed by atoms with Gasteiger partial charge in [0, 0.05) is 23.8 Å². The number of nitrogens with one attached hydrogen (secondary N) is 1. The summed E-state index contributed by atoms with van der Waals surface area (Å²) in [7, 11) is 0. The molecule has 2 N–H and O–H groups in total. The molecule has 1 atom stereocenters. The van der Waals surface area contributed by atoms with Crippen LogP contribution in [0.5, 0.6) is 5.75 Å². The van der Waals surface area contributed by atoms with Crippen molar-refractivity contribution in [3.8, 4) is 5.75 Å². The highest BCUT2D eigenvalue weighted by Gasteiger charge is 2.29. The molecule has 1 saturated heterocycles. The lowest BCUT2D eigenvalue weighted by atomic mass is 10.1. The number of hydrogen-bond donors (Lipinski definition) is 2. The van der Waals surface area contributed by atoms with Crippen LogP contribution in [0, 0.1) is 6.92 Å². The molecule has 0 bridgehead atoms. The average molecular weight is 395 g/mol. The zero-order chi connectivity index (χ0) is 20.5. The molecule has 0 aliphatic carbocycles. The van der Waals surface area contributed by atoms with Crippen molar-refractivity contribution in [3.63, 3.8) is 0 Å². The predicted molar refractivity (Wildman–Crippen MR) is 110 cm³/mol. The van der Waals surface area contributed by atoms with Crippen molar-refractivity contribution < 1.29 is 19.4 Å². The lowest BCUT2D eigenvalue weighted by molar-refractivity contribution is 0.0696. The number of pyridine rings is 1. The van der Waals surface area contributed by atoms with Gasteiger partial charge in [-0.05, 0) is 69.4 Å². The second-order valence-electron chi connectivity index (χ2n) is 7.74. The number of ether oxygens (including phenoxy) is 1. The number of nitrogens with zero attached hydrogens (tertiary/aromatic N) is 2. The van der Waals surface area contributed by atoms with E-state index in [-0.39, 0.29) is 11.5 Å². The van der Waals surface area contributed by atoms with Crippen LogP contribution in [0.1, 0.15) is 58.2 Å². The van der Waals surface area contributed by atoms with Gasteiger partial charge in [0.15, 0.2) is 11.6 Å². The predicted octanol–water partition coefficient (Wildman–Crippen LogP) is 3.65. The first-order chi connectivity index (χ1) is 13.9. The fraction of sp³-hybridized carbons (Fsp3) is 0.409. The molecule has 1 amide bonds. The second-order valence-corrected chi connectivity index (χ2v) is 7.74. The van der Waals surface area contributed by atoms with E-state index in [9.17, 15) is 14.7 Å². The summed E-state index contributed by atoms with van der Waals surface area (Å²) in [5, 5.41) is 12.0. The van der Waals surface area contributed by atoms with Gasteiger partial charge in [-0.15, -0.1) is 0 Å². The summed E-state index contributed by atoms with van der Waals surface area (Å²) < 4.78 is 5.93.